The average Bonchev–Trinajstić information content (AvgIpc) is 2.84. The standard InChI is InChI=1S/C13H15N3O2S/c1-10-13(19-9-15-10)6-7-18-12-4-2-11(3-5-12)14-8-16-17/h2-5,8-9,17H,6-7H2,1H3,(H,14,16). The number of ether oxygens (including phenoxy) is 1. The fraction of sp³-hybridized carbons (Fsp3) is 0.231. The molecule has 100 valence electrons. The van der Waals surface area contributed by atoms with Gasteiger partial charge in [0.05, 0.1) is 23.5 Å². The van der Waals surface area contributed by atoms with E-state index >= 15 is 0 Å². The van der Waals surface area contributed by atoms with Crippen molar-refractivity contribution in [2.24, 2.45) is 4.99 Å². The molecule has 0 fully saturated rings. The highest BCUT2D eigenvalue weighted by molar-refractivity contribution is 7.09. The molecule has 0 saturated heterocycles. The van der Waals surface area contributed by atoms with Gasteiger partial charge in [0.1, 0.15) is 12.1 Å². The minimum atomic E-state index is 0.629. The van der Waals surface area contributed by atoms with Gasteiger partial charge in [-0.2, -0.15) is 0 Å². The highest BCUT2D eigenvalue weighted by Gasteiger charge is 2.01. The lowest BCUT2D eigenvalue weighted by Crippen LogP contribution is -2.01. The summed E-state index contributed by atoms with van der Waals surface area (Å²) in [6, 6.07) is 7.34. The predicted molar refractivity (Wildman–Crippen MR) is 75.6 cm³/mol. The summed E-state index contributed by atoms with van der Waals surface area (Å²) in [6.45, 7) is 2.64. The minimum absolute atomic E-state index is 0.629. The van der Waals surface area contributed by atoms with Crippen LogP contribution in [0.25, 0.3) is 0 Å². The van der Waals surface area contributed by atoms with Crippen molar-refractivity contribution >= 4 is 23.4 Å². The minimum Gasteiger partial charge on any atom is -0.493 e. The molecular formula is C13H15N3O2S. The number of aryl methyl sites for hydroxylation is 1. The molecule has 0 atom stereocenters. The molecule has 0 saturated carbocycles. The van der Waals surface area contributed by atoms with E-state index in [1.165, 1.54) is 11.2 Å². The summed E-state index contributed by atoms with van der Waals surface area (Å²) >= 11 is 1.66. The first-order valence-electron chi connectivity index (χ1n) is 5.83. The Kier molecular flexibility index (Phi) is 4.88. The maximum absolute atomic E-state index is 8.38. The van der Waals surface area contributed by atoms with Crippen LogP contribution in [-0.2, 0) is 6.42 Å². The van der Waals surface area contributed by atoms with Crippen molar-refractivity contribution in [2.75, 3.05) is 6.61 Å². The highest BCUT2D eigenvalue weighted by atomic mass is 32.1. The van der Waals surface area contributed by atoms with Crippen LogP contribution < -0.4 is 10.2 Å². The van der Waals surface area contributed by atoms with E-state index in [0.717, 1.165) is 23.6 Å². The molecule has 2 aromatic rings. The molecule has 2 N–H and O–H groups in total. The molecule has 1 aromatic carbocycles. The Labute approximate surface area is 115 Å². The smallest absolute Gasteiger partial charge is 0.119 e. The third-order valence-corrected chi connectivity index (χ3v) is 3.55. The highest BCUT2D eigenvalue weighted by Crippen LogP contribution is 2.18. The second kappa shape index (κ2) is 6.86. The Bertz CT molecular complexity index is 537. The quantitative estimate of drug-likeness (QED) is 0.484. The van der Waals surface area contributed by atoms with Crippen LogP contribution in [-0.4, -0.2) is 23.1 Å². The molecule has 0 aliphatic carbocycles. The normalized spacial score (nSPS) is 10.8. The van der Waals surface area contributed by atoms with Crippen molar-refractivity contribution in [3.05, 3.63) is 40.3 Å². The number of nitrogens with zero attached hydrogens (tertiary/aromatic N) is 2. The van der Waals surface area contributed by atoms with Gasteiger partial charge in [0.25, 0.3) is 0 Å². The van der Waals surface area contributed by atoms with Crippen molar-refractivity contribution in [2.45, 2.75) is 13.3 Å². The fourth-order valence-electron chi connectivity index (χ4n) is 1.56. The molecule has 0 unspecified atom stereocenters. The average molecular weight is 277 g/mol. The topological polar surface area (TPSA) is 66.7 Å². The second-order valence-corrected chi connectivity index (χ2v) is 4.78. The number of aromatic nitrogens is 1. The lowest BCUT2D eigenvalue weighted by Gasteiger charge is -2.05. The first kappa shape index (κ1) is 13.5. The Morgan fingerprint density at radius 3 is 2.84 bits per heavy atom. The number of benzene rings is 1. The van der Waals surface area contributed by atoms with E-state index in [9.17, 15) is 0 Å². The summed E-state index contributed by atoms with van der Waals surface area (Å²) in [7, 11) is 0. The maximum Gasteiger partial charge on any atom is 0.119 e. The van der Waals surface area contributed by atoms with Gasteiger partial charge in [0.2, 0.25) is 0 Å². The number of hydroxylamine groups is 1. The van der Waals surface area contributed by atoms with E-state index in [2.05, 4.69) is 9.98 Å². The summed E-state index contributed by atoms with van der Waals surface area (Å²) in [4.78, 5) is 9.41. The van der Waals surface area contributed by atoms with E-state index in [0.29, 0.717) is 6.61 Å². The summed E-state index contributed by atoms with van der Waals surface area (Å²) < 4.78 is 5.66. The number of aliphatic imine (C=N–C) groups is 1. The third kappa shape index (κ3) is 4.04. The lowest BCUT2D eigenvalue weighted by molar-refractivity contribution is 0.240. The number of hydrogen-bond acceptors (Lipinski definition) is 5. The molecule has 19 heavy (non-hydrogen) atoms. The van der Waals surface area contributed by atoms with Gasteiger partial charge in [-0.25, -0.2) is 9.98 Å². The molecule has 1 aromatic heterocycles. The van der Waals surface area contributed by atoms with Crippen molar-refractivity contribution in [3.63, 3.8) is 0 Å². The van der Waals surface area contributed by atoms with Crippen LogP contribution in [0.1, 0.15) is 10.6 Å². The Morgan fingerprint density at radius 1 is 1.42 bits per heavy atom. The molecule has 0 radical (unpaired) electrons. The van der Waals surface area contributed by atoms with Gasteiger partial charge >= 0.3 is 0 Å². The first-order valence-corrected chi connectivity index (χ1v) is 6.71. The molecule has 0 bridgehead atoms. The molecule has 0 aliphatic heterocycles. The maximum atomic E-state index is 8.38. The zero-order valence-electron chi connectivity index (χ0n) is 10.5. The zero-order chi connectivity index (χ0) is 13.5. The Morgan fingerprint density at radius 2 is 2.21 bits per heavy atom. The van der Waals surface area contributed by atoms with Crippen LogP contribution in [0.3, 0.4) is 0 Å². The number of hydrogen-bond donors (Lipinski definition) is 2. The monoisotopic (exact) mass is 277 g/mol. The van der Waals surface area contributed by atoms with Crippen LogP contribution >= 0.6 is 11.3 Å². The van der Waals surface area contributed by atoms with E-state index < -0.39 is 0 Å². The molecule has 6 heteroatoms. The summed E-state index contributed by atoms with van der Waals surface area (Å²) in [5.74, 6) is 0.804. The van der Waals surface area contributed by atoms with Crippen LogP contribution in [0.2, 0.25) is 0 Å². The summed E-state index contributed by atoms with van der Waals surface area (Å²) in [6.07, 6.45) is 2.08. The van der Waals surface area contributed by atoms with Crippen molar-refractivity contribution < 1.29 is 9.94 Å². The lowest BCUT2D eigenvalue weighted by atomic mass is 10.3. The summed E-state index contributed by atoms with van der Waals surface area (Å²) in [5, 5.41) is 8.38. The van der Waals surface area contributed by atoms with Crippen LogP contribution in [0.5, 0.6) is 5.75 Å². The van der Waals surface area contributed by atoms with Crippen molar-refractivity contribution in [1.82, 2.24) is 10.5 Å². The molecule has 0 aliphatic rings. The van der Waals surface area contributed by atoms with Gasteiger partial charge in [-0.15, -0.1) is 11.3 Å². The molecule has 2 rings (SSSR count). The van der Waals surface area contributed by atoms with Gasteiger partial charge in [-0.3, -0.25) is 10.7 Å². The zero-order valence-corrected chi connectivity index (χ0v) is 11.4. The third-order valence-electron chi connectivity index (χ3n) is 2.55. The molecular weight excluding hydrogens is 262 g/mol. The number of rotatable bonds is 6. The van der Waals surface area contributed by atoms with Gasteiger partial charge in [0, 0.05) is 11.3 Å². The molecule has 1 heterocycles. The van der Waals surface area contributed by atoms with E-state index in [-0.39, 0.29) is 0 Å². The largest absolute Gasteiger partial charge is 0.493 e. The van der Waals surface area contributed by atoms with Gasteiger partial charge in [-0.05, 0) is 31.2 Å². The van der Waals surface area contributed by atoms with Crippen LogP contribution in [0.4, 0.5) is 5.69 Å². The van der Waals surface area contributed by atoms with E-state index in [1.807, 2.05) is 42.2 Å². The SMILES string of the molecule is Cc1ncsc1CCOc1ccc(N=CNO)cc1. The molecule has 0 spiro atoms. The van der Waals surface area contributed by atoms with Crippen molar-refractivity contribution in [1.29, 1.82) is 0 Å². The van der Waals surface area contributed by atoms with Gasteiger partial charge in [0.15, 0.2) is 0 Å². The Hall–Kier alpha value is -1.92. The van der Waals surface area contributed by atoms with Crippen LogP contribution in [0.15, 0.2) is 34.8 Å². The van der Waals surface area contributed by atoms with Crippen molar-refractivity contribution in [3.8, 4) is 5.75 Å². The Balaban J connectivity index is 1.83. The predicted octanol–water partition coefficient (Wildman–Crippen LogP) is 2.71. The number of thiazole rings is 1. The van der Waals surface area contributed by atoms with E-state index in [4.69, 9.17) is 9.94 Å². The van der Waals surface area contributed by atoms with Crippen LogP contribution in [0, 0.1) is 6.92 Å². The van der Waals surface area contributed by atoms with Gasteiger partial charge in [-0.1, -0.05) is 0 Å². The number of nitrogens with one attached hydrogen (secondary N) is 1. The molecule has 5 nitrogen and oxygen atoms in total. The second-order valence-electron chi connectivity index (χ2n) is 3.84. The first-order chi connectivity index (χ1) is 9.29. The van der Waals surface area contributed by atoms with Gasteiger partial charge < -0.3 is 4.74 Å². The fourth-order valence-corrected chi connectivity index (χ4v) is 2.32. The van der Waals surface area contributed by atoms with E-state index in [1.54, 1.807) is 11.3 Å². The molecule has 0 amide bonds. The summed E-state index contributed by atoms with van der Waals surface area (Å²) in [5.41, 5.74) is 5.53.